The Morgan fingerprint density at radius 1 is 0.606 bits per heavy atom. The fourth-order valence-corrected chi connectivity index (χ4v) is 4.24. The minimum Gasteiger partial charge on any atom is -0.496 e. The van der Waals surface area contributed by atoms with Crippen LogP contribution in [0, 0.1) is 0 Å². The van der Waals surface area contributed by atoms with Crippen molar-refractivity contribution in [1.82, 2.24) is 4.98 Å². The molecule has 7 heteroatoms. The highest BCUT2D eigenvalue weighted by Crippen LogP contribution is 2.45. The van der Waals surface area contributed by atoms with Crippen LogP contribution in [-0.2, 0) is 0 Å². The first-order valence-corrected chi connectivity index (χ1v) is 10.3. The van der Waals surface area contributed by atoms with Crippen LogP contribution in [0.15, 0.2) is 52.9 Å². The molecular weight excluding hydrogens is 422 g/mol. The van der Waals surface area contributed by atoms with Crippen molar-refractivity contribution in [3.8, 4) is 40.0 Å². The molecule has 2 heterocycles. The van der Waals surface area contributed by atoms with E-state index in [1.54, 1.807) is 35.5 Å². The van der Waals surface area contributed by atoms with E-state index in [-0.39, 0.29) is 0 Å². The third kappa shape index (κ3) is 3.16. The molecule has 0 amide bonds. The minimum absolute atomic E-state index is 0.487. The number of ether oxygens (including phenoxy) is 5. The fourth-order valence-electron chi connectivity index (χ4n) is 4.24. The van der Waals surface area contributed by atoms with Gasteiger partial charge in [0, 0.05) is 27.8 Å². The maximum Gasteiger partial charge on any atom is 0.228 e. The Kier molecular flexibility index (Phi) is 5.09. The lowest BCUT2D eigenvalue weighted by molar-refractivity contribution is 0.355. The summed E-state index contributed by atoms with van der Waals surface area (Å²) in [6.07, 6.45) is 0. The third-order valence-electron chi connectivity index (χ3n) is 5.80. The number of benzene rings is 3. The summed E-state index contributed by atoms with van der Waals surface area (Å²) in [7, 11) is 8.07. The predicted molar refractivity (Wildman–Crippen MR) is 127 cm³/mol. The summed E-state index contributed by atoms with van der Waals surface area (Å²) in [6, 6.07) is 15.3. The van der Waals surface area contributed by atoms with Crippen LogP contribution in [0.2, 0.25) is 0 Å². The molecule has 0 aliphatic heterocycles. The van der Waals surface area contributed by atoms with E-state index in [2.05, 4.69) is 0 Å². The fraction of sp³-hybridized carbons (Fsp3) is 0.192. The molecule has 0 saturated carbocycles. The van der Waals surface area contributed by atoms with E-state index in [1.807, 2.05) is 48.5 Å². The Bertz CT molecular complexity index is 1500. The highest BCUT2D eigenvalue weighted by Gasteiger charge is 2.22. The van der Waals surface area contributed by atoms with Crippen molar-refractivity contribution in [2.24, 2.45) is 0 Å². The first kappa shape index (κ1) is 20.8. The Hall–Kier alpha value is -4.13. The van der Waals surface area contributed by atoms with Gasteiger partial charge in [0.15, 0.2) is 23.0 Å². The summed E-state index contributed by atoms with van der Waals surface area (Å²) >= 11 is 0. The smallest absolute Gasteiger partial charge is 0.228 e. The number of furan rings is 1. The van der Waals surface area contributed by atoms with Gasteiger partial charge in [0.1, 0.15) is 11.3 Å². The zero-order valence-electron chi connectivity index (χ0n) is 19.0. The molecule has 168 valence electrons. The van der Waals surface area contributed by atoms with Crippen LogP contribution in [0.5, 0.6) is 28.7 Å². The van der Waals surface area contributed by atoms with Gasteiger partial charge in [0.2, 0.25) is 5.71 Å². The van der Waals surface area contributed by atoms with Gasteiger partial charge < -0.3 is 28.1 Å². The zero-order chi connectivity index (χ0) is 23.1. The SMILES string of the molecule is COc1cc2oc3nc(-c4ccccc4OC)c4cc(OC)c(OC)cc4c3c2cc1OC. The normalized spacial score (nSPS) is 11.2. The van der Waals surface area contributed by atoms with Gasteiger partial charge in [-0.15, -0.1) is 0 Å². The van der Waals surface area contributed by atoms with Gasteiger partial charge in [0.05, 0.1) is 46.6 Å². The van der Waals surface area contributed by atoms with E-state index in [1.165, 1.54) is 0 Å². The van der Waals surface area contributed by atoms with Gasteiger partial charge in [-0.25, -0.2) is 4.98 Å². The van der Waals surface area contributed by atoms with Crippen molar-refractivity contribution in [2.45, 2.75) is 0 Å². The van der Waals surface area contributed by atoms with E-state index in [0.717, 1.165) is 27.1 Å². The van der Waals surface area contributed by atoms with E-state index in [9.17, 15) is 0 Å². The molecule has 0 fully saturated rings. The standard InChI is InChI=1S/C26H23NO6/c1-28-18-9-7-6-8-14(18)25-16-11-21(30-3)20(29-2)10-15(16)24-17-12-22(31-4)23(32-5)13-19(17)33-26(24)27-25/h6-13H,1-5H3. The van der Waals surface area contributed by atoms with Gasteiger partial charge in [-0.2, -0.15) is 0 Å². The van der Waals surface area contributed by atoms with Crippen LogP contribution >= 0.6 is 0 Å². The van der Waals surface area contributed by atoms with Gasteiger partial charge >= 0.3 is 0 Å². The number of nitrogens with zero attached hydrogens (tertiary/aromatic N) is 1. The van der Waals surface area contributed by atoms with Crippen molar-refractivity contribution in [2.75, 3.05) is 35.5 Å². The lowest BCUT2D eigenvalue weighted by Crippen LogP contribution is -1.95. The second kappa shape index (κ2) is 8.09. The third-order valence-corrected chi connectivity index (χ3v) is 5.80. The molecule has 0 bridgehead atoms. The summed E-state index contributed by atoms with van der Waals surface area (Å²) < 4.78 is 34.0. The van der Waals surface area contributed by atoms with Gasteiger partial charge in [-0.3, -0.25) is 0 Å². The Labute approximate surface area is 190 Å². The number of aromatic nitrogens is 1. The molecule has 5 aromatic rings. The Balaban J connectivity index is 1.98. The number of pyridine rings is 1. The minimum atomic E-state index is 0.487. The van der Waals surface area contributed by atoms with Gasteiger partial charge in [-0.1, -0.05) is 12.1 Å². The number of methoxy groups -OCH3 is 5. The average Bonchev–Trinajstić information content (AvgIpc) is 3.23. The second-order valence-electron chi connectivity index (χ2n) is 7.40. The van der Waals surface area contributed by atoms with Crippen molar-refractivity contribution in [1.29, 1.82) is 0 Å². The van der Waals surface area contributed by atoms with Gasteiger partial charge in [0.25, 0.3) is 0 Å². The van der Waals surface area contributed by atoms with E-state index in [0.29, 0.717) is 45.7 Å². The molecule has 0 unspecified atom stereocenters. The molecule has 0 saturated heterocycles. The van der Waals surface area contributed by atoms with E-state index < -0.39 is 0 Å². The quantitative estimate of drug-likeness (QED) is 0.325. The first-order chi connectivity index (χ1) is 16.1. The molecule has 2 aromatic heterocycles. The predicted octanol–water partition coefficient (Wildman–Crippen LogP) is 5.84. The molecule has 3 aromatic carbocycles. The van der Waals surface area contributed by atoms with Crippen molar-refractivity contribution in [3.05, 3.63) is 48.5 Å². The molecule has 0 spiro atoms. The number of para-hydroxylation sites is 1. The topological polar surface area (TPSA) is 72.2 Å². The van der Waals surface area contributed by atoms with Crippen LogP contribution in [0.1, 0.15) is 0 Å². The Morgan fingerprint density at radius 2 is 1.15 bits per heavy atom. The molecule has 5 rings (SSSR count). The second-order valence-corrected chi connectivity index (χ2v) is 7.40. The molecular formula is C26H23NO6. The van der Waals surface area contributed by atoms with Crippen molar-refractivity contribution in [3.63, 3.8) is 0 Å². The van der Waals surface area contributed by atoms with Crippen LogP contribution in [-0.4, -0.2) is 40.5 Å². The number of rotatable bonds is 6. The van der Waals surface area contributed by atoms with E-state index >= 15 is 0 Å². The highest BCUT2D eigenvalue weighted by atomic mass is 16.5. The summed E-state index contributed by atoms with van der Waals surface area (Å²) in [5.74, 6) is 3.11. The van der Waals surface area contributed by atoms with Crippen LogP contribution < -0.4 is 23.7 Å². The largest absolute Gasteiger partial charge is 0.496 e. The summed E-state index contributed by atoms with van der Waals surface area (Å²) in [6.45, 7) is 0. The maximum atomic E-state index is 6.21. The van der Waals surface area contributed by atoms with E-state index in [4.69, 9.17) is 33.1 Å². The Morgan fingerprint density at radius 3 is 1.79 bits per heavy atom. The molecule has 0 atom stereocenters. The molecule has 33 heavy (non-hydrogen) atoms. The number of hydrogen-bond donors (Lipinski definition) is 0. The monoisotopic (exact) mass is 445 g/mol. The molecule has 7 nitrogen and oxygen atoms in total. The molecule has 0 aliphatic carbocycles. The number of hydrogen-bond acceptors (Lipinski definition) is 7. The maximum absolute atomic E-state index is 6.21. The lowest BCUT2D eigenvalue weighted by atomic mass is 9.99. The average molecular weight is 445 g/mol. The van der Waals surface area contributed by atoms with Crippen LogP contribution in [0.25, 0.3) is 44.1 Å². The van der Waals surface area contributed by atoms with Crippen molar-refractivity contribution >= 4 is 32.8 Å². The summed E-state index contributed by atoms with van der Waals surface area (Å²) in [4.78, 5) is 4.94. The molecule has 0 radical (unpaired) electrons. The van der Waals surface area contributed by atoms with Crippen LogP contribution in [0.3, 0.4) is 0 Å². The molecule has 0 N–H and O–H groups in total. The summed E-state index contributed by atoms with van der Waals surface area (Å²) in [5.41, 5.74) is 2.69. The van der Waals surface area contributed by atoms with Gasteiger partial charge in [-0.05, 0) is 30.3 Å². The van der Waals surface area contributed by atoms with Crippen molar-refractivity contribution < 1.29 is 28.1 Å². The summed E-state index contributed by atoms with van der Waals surface area (Å²) in [5, 5.41) is 3.49. The number of fused-ring (bicyclic) bond motifs is 5. The zero-order valence-corrected chi connectivity index (χ0v) is 19.0. The van der Waals surface area contributed by atoms with Crippen LogP contribution in [0.4, 0.5) is 0 Å². The highest BCUT2D eigenvalue weighted by molar-refractivity contribution is 6.21. The molecule has 0 aliphatic rings. The first-order valence-electron chi connectivity index (χ1n) is 10.3. The lowest BCUT2D eigenvalue weighted by Gasteiger charge is -2.14.